The number of nitro groups is 1. The highest BCUT2D eigenvalue weighted by Crippen LogP contribution is 2.26. The summed E-state index contributed by atoms with van der Waals surface area (Å²) < 4.78 is 0. The number of nitrogens with zero attached hydrogens (tertiary/aromatic N) is 2. The van der Waals surface area contributed by atoms with Crippen LogP contribution in [0.3, 0.4) is 0 Å². The van der Waals surface area contributed by atoms with E-state index in [4.69, 9.17) is 5.73 Å². The van der Waals surface area contributed by atoms with Crippen molar-refractivity contribution in [1.82, 2.24) is 4.90 Å². The molecule has 6 nitrogen and oxygen atoms in total. The maximum absolute atomic E-state index is 11.3. The molecule has 1 aliphatic rings. The lowest BCUT2D eigenvalue weighted by molar-refractivity contribution is -0.385. The van der Waals surface area contributed by atoms with Gasteiger partial charge < -0.3 is 5.73 Å². The predicted octanol–water partition coefficient (Wildman–Crippen LogP) is 1.68. The highest BCUT2D eigenvalue weighted by molar-refractivity contribution is 5.77. The molecule has 1 aromatic carbocycles. The third kappa shape index (κ3) is 3.14. The molecule has 2 unspecified atom stereocenters. The molecule has 1 aliphatic heterocycles. The summed E-state index contributed by atoms with van der Waals surface area (Å²) in [5.74, 6) is -0.446. The third-order valence-corrected chi connectivity index (χ3v) is 3.98. The molecule has 2 N–H and O–H groups in total. The van der Waals surface area contributed by atoms with Gasteiger partial charge in [0.05, 0.1) is 10.8 Å². The number of piperidine rings is 1. The Labute approximate surface area is 117 Å². The second-order valence-electron chi connectivity index (χ2n) is 5.34. The number of hydrogen-bond acceptors (Lipinski definition) is 4. The molecular weight excluding hydrogens is 258 g/mol. The van der Waals surface area contributed by atoms with Gasteiger partial charge in [-0.15, -0.1) is 0 Å². The summed E-state index contributed by atoms with van der Waals surface area (Å²) in [5, 5.41) is 11.0. The summed E-state index contributed by atoms with van der Waals surface area (Å²) >= 11 is 0. The van der Waals surface area contributed by atoms with Gasteiger partial charge in [0.25, 0.3) is 5.69 Å². The molecule has 0 saturated carbocycles. The van der Waals surface area contributed by atoms with Crippen molar-refractivity contribution in [3.8, 4) is 0 Å². The highest BCUT2D eigenvalue weighted by Gasteiger charge is 2.29. The summed E-state index contributed by atoms with van der Waals surface area (Å²) in [4.78, 5) is 24.1. The Morgan fingerprint density at radius 2 is 2.15 bits per heavy atom. The Morgan fingerprint density at radius 3 is 2.80 bits per heavy atom. The number of nitro benzene ring substituents is 1. The highest BCUT2D eigenvalue weighted by atomic mass is 16.6. The molecular formula is C14H19N3O3. The van der Waals surface area contributed by atoms with Crippen LogP contribution in [0.1, 0.15) is 25.3 Å². The fourth-order valence-corrected chi connectivity index (χ4v) is 2.67. The van der Waals surface area contributed by atoms with Crippen molar-refractivity contribution in [1.29, 1.82) is 0 Å². The number of carbonyl (C=O) groups excluding carboxylic acids is 1. The minimum absolute atomic E-state index is 0.126. The molecule has 1 amide bonds. The number of nitrogens with two attached hydrogens (primary N) is 1. The Hall–Kier alpha value is -1.95. The first-order chi connectivity index (χ1) is 9.49. The first-order valence-corrected chi connectivity index (χ1v) is 6.74. The number of likely N-dealkylation sites (tertiary alicyclic amines) is 1. The topological polar surface area (TPSA) is 89.5 Å². The van der Waals surface area contributed by atoms with Crippen molar-refractivity contribution < 1.29 is 9.72 Å². The van der Waals surface area contributed by atoms with Crippen molar-refractivity contribution in [2.45, 2.75) is 32.4 Å². The lowest BCUT2D eigenvalue weighted by Crippen LogP contribution is -2.45. The minimum Gasteiger partial charge on any atom is -0.369 e. The number of para-hydroxylation sites is 1. The number of hydrogen-bond donors (Lipinski definition) is 1. The van der Waals surface area contributed by atoms with Gasteiger partial charge in [0.1, 0.15) is 0 Å². The second kappa shape index (κ2) is 6.00. The van der Waals surface area contributed by atoms with Crippen LogP contribution in [-0.4, -0.2) is 28.3 Å². The predicted molar refractivity (Wildman–Crippen MR) is 74.9 cm³/mol. The molecule has 20 heavy (non-hydrogen) atoms. The number of primary amides is 1. The van der Waals surface area contributed by atoms with Gasteiger partial charge >= 0.3 is 0 Å². The lowest BCUT2D eigenvalue weighted by atomic mass is 9.92. The number of benzene rings is 1. The van der Waals surface area contributed by atoms with E-state index >= 15 is 0 Å². The molecule has 6 heteroatoms. The molecule has 2 rings (SSSR count). The zero-order chi connectivity index (χ0) is 14.7. The van der Waals surface area contributed by atoms with E-state index < -0.39 is 0 Å². The molecule has 0 spiro atoms. The third-order valence-electron chi connectivity index (χ3n) is 3.98. The Kier molecular flexibility index (Phi) is 4.34. The van der Waals surface area contributed by atoms with Crippen LogP contribution < -0.4 is 5.73 Å². The summed E-state index contributed by atoms with van der Waals surface area (Å²) in [6.07, 6.45) is 1.68. The Balaban J connectivity index is 2.16. The largest absolute Gasteiger partial charge is 0.369 e. The molecule has 1 fully saturated rings. The molecule has 1 saturated heterocycles. The number of rotatable bonds is 4. The van der Waals surface area contributed by atoms with E-state index in [1.807, 2.05) is 0 Å². The van der Waals surface area contributed by atoms with Crippen LogP contribution in [0.2, 0.25) is 0 Å². The second-order valence-corrected chi connectivity index (χ2v) is 5.34. The van der Waals surface area contributed by atoms with E-state index in [0.29, 0.717) is 24.7 Å². The van der Waals surface area contributed by atoms with E-state index in [-0.39, 0.29) is 22.4 Å². The Morgan fingerprint density at radius 1 is 1.45 bits per heavy atom. The van der Waals surface area contributed by atoms with Crippen molar-refractivity contribution in [3.63, 3.8) is 0 Å². The zero-order valence-corrected chi connectivity index (χ0v) is 11.5. The van der Waals surface area contributed by atoms with E-state index in [9.17, 15) is 14.9 Å². The van der Waals surface area contributed by atoms with Crippen LogP contribution in [0.15, 0.2) is 24.3 Å². The van der Waals surface area contributed by atoms with Crippen molar-refractivity contribution in [2.24, 2.45) is 11.7 Å². The van der Waals surface area contributed by atoms with Crippen LogP contribution in [0.5, 0.6) is 0 Å². The number of carbonyl (C=O) groups is 1. The van der Waals surface area contributed by atoms with Gasteiger partial charge in [-0.3, -0.25) is 19.8 Å². The average molecular weight is 277 g/mol. The first-order valence-electron chi connectivity index (χ1n) is 6.74. The first kappa shape index (κ1) is 14.5. The molecule has 0 aromatic heterocycles. The van der Waals surface area contributed by atoms with Gasteiger partial charge in [-0.2, -0.15) is 0 Å². The molecule has 2 atom stereocenters. The molecule has 1 heterocycles. The summed E-state index contributed by atoms with van der Waals surface area (Å²) in [5.41, 5.74) is 6.17. The van der Waals surface area contributed by atoms with Crippen LogP contribution in [-0.2, 0) is 11.3 Å². The van der Waals surface area contributed by atoms with E-state index in [1.54, 1.807) is 18.2 Å². The quantitative estimate of drug-likeness (QED) is 0.669. The van der Waals surface area contributed by atoms with Gasteiger partial charge in [0.2, 0.25) is 5.91 Å². The van der Waals surface area contributed by atoms with Crippen molar-refractivity contribution in [2.75, 3.05) is 6.54 Å². The van der Waals surface area contributed by atoms with Crippen molar-refractivity contribution in [3.05, 3.63) is 39.9 Å². The van der Waals surface area contributed by atoms with E-state index in [2.05, 4.69) is 11.8 Å². The van der Waals surface area contributed by atoms with E-state index in [1.165, 1.54) is 6.07 Å². The summed E-state index contributed by atoms with van der Waals surface area (Å²) in [6.45, 7) is 3.12. The normalized spacial score (nSPS) is 23.4. The van der Waals surface area contributed by atoms with Gasteiger partial charge in [-0.05, 0) is 19.8 Å². The van der Waals surface area contributed by atoms with Crippen LogP contribution >= 0.6 is 0 Å². The maximum Gasteiger partial charge on any atom is 0.273 e. The van der Waals surface area contributed by atoms with E-state index in [0.717, 1.165) is 12.8 Å². The van der Waals surface area contributed by atoms with Crippen LogP contribution in [0, 0.1) is 16.0 Å². The van der Waals surface area contributed by atoms with Gasteiger partial charge in [0, 0.05) is 30.8 Å². The fourth-order valence-electron chi connectivity index (χ4n) is 2.67. The SMILES string of the molecule is CC1CCC(C(N)=O)CN1Cc1ccccc1[N+](=O)[O-]. The van der Waals surface area contributed by atoms with Gasteiger partial charge in [-0.25, -0.2) is 0 Å². The van der Waals surface area contributed by atoms with Crippen LogP contribution in [0.4, 0.5) is 5.69 Å². The Bertz CT molecular complexity index is 518. The number of amides is 1. The fraction of sp³-hybridized carbons (Fsp3) is 0.500. The van der Waals surface area contributed by atoms with Crippen LogP contribution in [0.25, 0.3) is 0 Å². The maximum atomic E-state index is 11.3. The minimum atomic E-state index is -0.366. The zero-order valence-electron chi connectivity index (χ0n) is 11.5. The van der Waals surface area contributed by atoms with Crippen molar-refractivity contribution >= 4 is 11.6 Å². The molecule has 0 bridgehead atoms. The smallest absolute Gasteiger partial charge is 0.273 e. The molecule has 0 radical (unpaired) electrons. The lowest BCUT2D eigenvalue weighted by Gasteiger charge is -2.36. The standard InChI is InChI=1S/C14H19N3O3/c1-10-6-7-12(14(15)18)9-16(10)8-11-4-2-3-5-13(11)17(19)20/h2-5,10,12H,6-9H2,1H3,(H2,15,18). The summed E-state index contributed by atoms with van der Waals surface area (Å²) in [6, 6.07) is 7.02. The molecule has 0 aliphatic carbocycles. The summed E-state index contributed by atoms with van der Waals surface area (Å²) in [7, 11) is 0. The van der Waals surface area contributed by atoms with Gasteiger partial charge in [-0.1, -0.05) is 18.2 Å². The molecule has 108 valence electrons. The molecule has 1 aromatic rings. The average Bonchev–Trinajstić information content (AvgIpc) is 2.41. The monoisotopic (exact) mass is 277 g/mol. The van der Waals surface area contributed by atoms with Gasteiger partial charge in [0.15, 0.2) is 0 Å².